The zero-order chi connectivity index (χ0) is 19.5. The average Bonchev–Trinajstić information content (AvgIpc) is 2.73. The maximum absolute atomic E-state index is 11.9. The molecular formula is C23H20O4. The second-order valence-electron chi connectivity index (χ2n) is 5.63. The first-order valence-corrected chi connectivity index (χ1v) is 8.36. The molecule has 27 heavy (non-hydrogen) atoms. The molecule has 4 nitrogen and oxygen atoms in total. The van der Waals surface area contributed by atoms with E-state index in [9.17, 15) is 14.7 Å². The van der Waals surface area contributed by atoms with Gasteiger partial charge < -0.3 is 10.2 Å². The largest absolute Gasteiger partial charge is 0.478 e. The Kier molecular flexibility index (Phi) is 7.69. The van der Waals surface area contributed by atoms with E-state index in [0.717, 1.165) is 11.6 Å². The Labute approximate surface area is 158 Å². The molecule has 2 N–H and O–H groups in total. The molecular weight excluding hydrogens is 340 g/mol. The predicted molar refractivity (Wildman–Crippen MR) is 105 cm³/mol. The third-order valence-electron chi connectivity index (χ3n) is 3.64. The van der Waals surface area contributed by atoms with E-state index in [4.69, 9.17) is 5.11 Å². The van der Waals surface area contributed by atoms with Gasteiger partial charge in [-0.15, -0.1) is 0 Å². The van der Waals surface area contributed by atoms with Crippen LogP contribution < -0.4 is 0 Å². The molecule has 4 heteroatoms. The first kappa shape index (κ1) is 19.8. The number of aliphatic hydroxyl groups is 1. The first-order chi connectivity index (χ1) is 13.1. The minimum atomic E-state index is -1.08. The number of rotatable bonds is 5. The maximum atomic E-state index is 11.9. The summed E-state index contributed by atoms with van der Waals surface area (Å²) in [5.41, 5.74) is 2.05. The van der Waals surface area contributed by atoms with Crippen molar-refractivity contribution in [1.82, 2.24) is 0 Å². The van der Waals surface area contributed by atoms with Crippen molar-refractivity contribution in [3.05, 3.63) is 114 Å². The number of benzene rings is 3. The van der Waals surface area contributed by atoms with Gasteiger partial charge in [-0.2, -0.15) is 0 Å². The summed E-state index contributed by atoms with van der Waals surface area (Å²) >= 11 is 0. The summed E-state index contributed by atoms with van der Waals surface area (Å²) in [5, 5.41) is 18.2. The lowest BCUT2D eigenvalue weighted by Gasteiger charge is -2.09. The molecule has 1 unspecified atom stereocenters. The number of carbonyl (C=O) groups is 2. The highest BCUT2D eigenvalue weighted by Crippen LogP contribution is 2.17. The van der Waals surface area contributed by atoms with Gasteiger partial charge in [-0.1, -0.05) is 91.0 Å². The van der Waals surface area contributed by atoms with Crippen LogP contribution in [0.3, 0.4) is 0 Å². The van der Waals surface area contributed by atoms with Gasteiger partial charge in [-0.3, -0.25) is 4.79 Å². The summed E-state index contributed by atoms with van der Waals surface area (Å²) in [6.45, 7) is 0. The fraction of sp³-hybridized carbons (Fsp3) is 0.0435. The average molecular weight is 360 g/mol. The van der Waals surface area contributed by atoms with Gasteiger partial charge in [0.1, 0.15) is 6.10 Å². The molecule has 0 spiro atoms. The van der Waals surface area contributed by atoms with Crippen LogP contribution in [0.2, 0.25) is 0 Å². The Hall–Kier alpha value is -3.50. The Bertz CT molecular complexity index is 872. The molecule has 0 aliphatic rings. The monoisotopic (exact) mass is 360 g/mol. The van der Waals surface area contributed by atoms with Gasteiger partial charge in [0, 0.05) is 11.6 Å². The van der Waals surface area contributed by atoms with Crippen LogP contribution in [0.25, 0.3) is 6.08 Å². The molecule has 0 aromatic heterocycles. The van der Waals surface area contributed by atoms with Crippen molar-refractivity contribution < 1.29 is 19.8 Å². The molecule has 0 saturated heterocycles. The predicted octanol–water partition coefficient (Wildman–Crippen LogP) is 4.39. The van der Waals surface area contributed by atoms with Crippen LogP contribution in [0.1, 0.15) is 27.6 Å². The summed E-state index contributed by atoms with van der Waals surface area (Å²) in [7, 11) is 0. The highest BCUT2D eigenvalue weighted by molar-refractivity contribution is 5.99. The normalized spacial score (nSPS) is 11.3. The quantitative estimate of drug-likeness (QED) is 0.523. The van der Waals surface area contributed by atoms with E-state index in [2.05, 4.69) is 0 Å². The fourth-order valence-corrected chi connectivity index (χ4v) is 2.28. The van der Waals surface area contributed by atoms with Crippen molar-refractivity contribution in [3.63, 3.8) is 0 Å². The fourth-order valence-electron chi connectivity index (χ4n) is 2.28. The molecule has 0 fully saturated rings. The SMILES string of the molecule is O=C(O)/C=C/c1ccccc1.O=C(c1ccccc1)C(O)c1ccccc1. The molecule has 0 saturated carbocycles. The molecule has 0 aliphatic carbocycles. The topological polar surface area (TPSA) is 74.6 Å². The number of carbonyl (C=O) groups excluding carboxylic acids is 1. The molecule has 136 valence electrons. The highest BCUT2D eigenvalue weighted by atomic mass is 16.4. The van der Waals surface area contributed by atoms with Crippen molar-refractivity contribution in [2.75, 3.05) is 0 Å². The van der Waals surface area contributed by atoms with E-state index in [1.54, 1.807) is 54.6 Å². The highest BCUT2D eigenvalue weighted by Gasteiger charge is 2.18. The summed E-state index contributed by atoms with van der Waals surface area (Å²) < 4.78 is 0. The van der Waals surface area contributed by atoms with E-state index < -0.39 is 12.1 Å². The Morgan fingerprint density at radius 2 is 1.22 bits per heavy atom. The molecule has 0 radical (unpaired) electrons. The number of Topliss-reactive ketones (excluding diaryl/α,β-unsaturated/α-hetero) is 1. The van der Waals surface area contributed by atoms with E-state index in [1.165, 1.54) is 0 Å². The van der Waals surface area contributed by atoms with E-state index in [0.29, 0.717) is 11.1 Å². The van der Waals surface area contributed by atoms with Crippen molar-refractivity contribution in [1.29, 1.82) is 0 Å². The summed E-state index contributed by atoms with van der Waals surface area (Å²) in [6.07, 6.45) is 1.60. The number of hydrogen-bond acceptors (Lipinski definition) is 3. The Morgan fingerprint density at radius 3 is 1.74 bits per heavy atom. The van der Waals surface area contributed by atoms with Crippen LogP contribution in [0.5, 0.6) is 0 Å². The summed E-state index contributed by atoms with van der Waals surface area (Å²) in [4.78, 5) is 22.0. The van der Waals surface area contributed by atoms with Crippen LogP contribution in [-0.2, 0) is 4.79 Å². The minimum absolute atomic E-state index is 0.271. The lowest BCUT2D eigenvalue weighted by molar-refractivity contribution is -0.131. The first-order valence-electron chi connectivity index (χ1n) is 8.36. The van der Waals surface area contributed by atoms with Crippen LogP contribution in [0.4, 0.5) is 0 Å². The van der Waals surface area contributed by atoms with Gasteiger partial charge >= 0.3 is 5.97 Å². The smallest absolute Gasteiger partial charge is 0.328 e. The third kappa shape index (κ3) is 6.72. The molecule has 3 rings (SSSR count). The standard InChI is InChI=1S/C14H12O2.C9H8O2/c15-13(11-7-3-1-4-8-11)14(16)12-9-5-2-6-10-12;10-9(11)7-6-8-4-2-1-3-5-8/h1-10,13,15H;1-7H,(H,10,11)/b;7-6+. The van der Waals surface area contributed by atoms with Gasteiger partial charge in [0.2, 0.25) is 0 Å². The summed E-state index contributed by atoms with van der Waals surface area (Å²) in [5.74, 6) is -1.19. The zero-order valence-electron chi connectivity index (χ0n) is 14.6. The van der Waals surface area contributed by atoms with Gasteiger partial charge in [0.25, 0.3) is 0 Å². The molecule has 0 aliphatic heterocycles. The number of ketones is 1. The van der Waals surface area contributed by atoms with Gasteiger partial charge in [-0.25, -0.2) is 4.79 Å². The number of hydrogen-bond donors (Lipinski definition) is 2. The van der Waals surface area contributed by atoms with E-state index >= 15 is 0 Å². The summed E-state index contributed by atoms with van der Waals surface area (Å²) in [6, 6.07) is 27.1. The van der Waals surface area contributed by atoms with Crippen molar-refractivity contribution in [2.45, 2.75) is 6.10 Å². The maximum Gasteiger partial charge on any atom is 0.328 e. The Morgan fingerprint density at radius 1 is 0.741 bits per heavy atom. The molecule has 3 aromatic rings. The minimum Gasteiger partial charge on any atom is -0.478 e. The lowest BCUT2D eigenvalue weighted by atomic mass is 10.0. The molecule has 0 bridgehead atoms. The van der Waals surface area contributed by atoms with Gasteiger partial charge in [0.15, 0.2) is 5.78 Å². The number of carboxylic acid groups (broad SMARTS) is 1. The van der Waals surface area contributed by atoms with Crippen molar-refractivity contribution in [2.24, 2.45) is 0 Å². The molecule has 3 aromatic carbocycles. The number of aliphatic carboxylic acids is 1. The van der Waals surface area contributed by atoms with Crippen LogP contribution in [-0.4, -0.2) is 22.0 Å². The zero-order valence-corrected chi connectivity index (χ0v) is 14.6. The van der Waals surface area contributed by atoms with E-state index in [-0.39, 0.29) is 5.78 Å². The molecule has 1 atom stereocenters. The Balaban J connectivity index is 0.000000208. The second-order valence-corrected chi connectivity index (χ2v) is 5.63. The van der Waals surface area contributed by atoms with Crippen LogP contribution in [0, 0.1) is 0 Å². The van der Waals surface area contributed by atoms with Gasteiger partial charge in [0.05, 0.1) is 0 Å². The van der Waals surface area contributed by atoms with Crippen molar-refractivity contribution in [3.8, 4) is 0 Å². The third-order valence-corrected chi connectivity index (χ3v) is 3.64. The van der Waals surface area contributed by atoms with Crippen LogP contribution in [0.15, 0.2) is 97.1 Å². The molecule has 0 heterocycles. The second kappa shape index (κ2) is 10.5. The number of aliphatic hydroxyl groups excluding tert-OH is 1. The van der Waals surface area contributed by atoms with Crippen LogP contribution >= 0.6 is 0 Å². The lowest BCUT2D eigenvalue weighted by Crippen LogP contribution is -2.11. The molecule has 0 amide bonds. The van der Waals surface area contributed by atoms with Gasteiger partial charge in [-0.05, 0) is 17.2 Å². The van der Waals surface area contributed by atoms with E-state index in [1.807, 2.05) is 42.5 Å². The number of carboxylic acids is 1. The van der Waals surface area contributed by atoms with Crippen molar-refractivity contribution >= 4 is 17.8 Å².